The fraction of sp³-hybridized carbons (Fsp3) is 0.737. The van der Waals surface area contributed by atoms with Crippen LogP contribution in [0.2, 0.25) is 0 Å². The molecule has 2 unspecified atom stereocenters. The van der Waals surface area contributed by atoms with Crippen molar-refractivity contribution in [2.24, 2.45) is 23.2 Å². The Balaban J connectivity index is 1.59. The molecule has 2 fully saturated rings. The molecule has 2 aliphatic rings. The van der Waals surface area contributed by atoms with Crippen molar-refractivity contribution in [2.75, 3.05) is 6.61 Å². The zero-order valence-corrected chi connectivity index (χ0v) is 16.6. The van der Waals surface area contributed by atoms with Crippen LogP contribution in [0.5, 0.6) is 5.75 Å². The van der Waals surface area contributed by atoms with Crippen molar-refractivity contribution in [1.29, 1.82) is 0 Å². The number of nitrogens with zero attached hydrogens (tertiary/aromatic N) is 2. The van der Waals surface area contributed by atoms with Crippen molar-refractivity contribution in [2.45, 2.75) is 58.9 Å². The molecule has 0 amide bonds. The molecule has 2 aliphatic carbocycles. The summed E-state index contributed by atoms with van der Waals surface area (Å²) in [5.41, 5.74) is -0.00265. The van der Waals surface area contributed by atoms with Crippen LogP contribution in [0.1, 0.15) is 52.4 Å². The van der Waals surface area contributed by atoms with E-state index in [1.54, 1.807) is 0 Å². The highest BCUT2D eigenvalue weighted by Gasteiger charge is 2.40. The van der Waals surface area contributed by atoms with Gasteiger partial charge in [-0.2, -0.15) is 5.10 Å². The van der Waals surface area contributed by atoms with E-state index in [0.29, 0.717) is 28.5 Å². The highest BCUT2D eigenvalue weighted by Crippen LogP contribution is 2.51. The van der Waals surface area contributed by atoms with Crippen LogP contribution in [-0.2, 0) is 11.3 Å². The molecule has 1 aromatic heterocycles. The predicted octanol–water partition coefficient (Wildman–Crippen LogP) is 3.83. The summed E-state index contributed by atoms with van der Waals surface area (Å²) in [7, 11) is 0. The van der Waals surface area contributed by atoms with Crippen molar-refractivity contribution >= 4 is 22.2 Å². The SMILES string of the molecule is CC1CC2CC(C1)CC(C)(CCOc1cnn(CC=O)c(=O)c1Br)C2. The number of fused-ring (bicyclic) bond motifs is 2. The number of hydrogen-bond donors (Lipinski definition) is 0. The lowest BCUT2D eigenvalue weighted by Crippen LogP contribution is -2.37. The molecule has 5 nitrogen and oxygen atoms in total. The first-order valence-corrected chi connectivity index (χ1v) is 10.0. The van der Waals surface area contributed by atoms with Gasteiger partial charge in [-0.15, -0.1) is 0 Å². The molecule has 2 atom stereocenters. The van der Waals surface area contributed by atoms with E-state index in [4.69, 9.17) is 4.74 Å². The molecule has 6 heteroatoms. The number of rotatable bonds is 6. The van der Waals surface area contributed by atoms with Gasteiger partial charge in [0.2, 0.25) is 0 Å². The first-order valence-electron chi connectivity index (χ1n) is 9.22. The number of aromatic nitrogens is 2. The third-order valence-corrected chi connectivity index (χ3v) is 6.59. The first kappa shape index (κ1) is 18.6. The van der Waals surface area contributed by atoms with Crippen LogP contribution < -0.4 is 10.3 Å². The molecule has 0 spiro atoms. The molecule has 0 radical (unpaired) electrons. The minimum Gasteiger partial charge on any atom is -0.490 e. The quantitative estimate of drug-likeness (QED) is 0.668. The van der Waals surface area contributed by atoms with Gasteiger partial charge in [0.25, 0.3) is 5.56 Å². The molecule has 0 aromatic carbocycles. The fourth-order valence-corrected chi connectivity index (χ4v) is 5.49. The van der Waals surface area contributed by atoms with Crippen LogP contribution in [0.3, 0.4) is 0 Å². The molecule has 0 aliphatic heterocycles. The highest BCUT2D eigenvalue weighted by atomic mass is 79.9. The summed E-state index contributed by atoms with van der Waals surface area (Å²) in [5, 5.41) is 3.98. The lowest BCUT2D eigenvalue weighted by Gasteiger charge is -2.47. The summed E-state index contributed by atoms with van der Waals surface area (Å²) in [4.78, 5) is 22.6. The Hall–Kier alpha value is -1.17. The second kappa shape index (κ2) is 7.60. The smallest absolute Gasteiger partial charge is 0.285 e. The summed E-state index contributed by atoms with van der Waals surface area (Å²) < 4.78 is 7.31. The maximum Gasteiger partial charge on any atom is 0.285 e. The van der Waals surface area contributed by atoms with Crippen molar-refractivity contribution in [3.8, 4) is 5.75 Å². The Kier molecular flexibility index (Phi) is 5.66. The molecule has 2 bridgehead atoms. The molecule has 25 heavy (non-hydrogen) atoms. The van der Waals surface area contributed by atoms with Crippen LogP contribution in [0.25, 0.3) is 0 Å². The molecule has 1 heterocycles. The van der Waals surface area contributed by atoms with Crippen LogP contribution in [-0.4, -0.2) is 22.7 Å². The molecule has 0 N–H and O–H groups in total. The van der Waals surface area contributed by atoms with Gasteiger partial charge >= 0.3 is 0 Å². The van der Waals surface area contributed by atoms with Gasteiger partial charge in [0, 0.05) is 0 Å². The minimum atomic E-state index is -0.336. The van der Waals surface area contributed by atoms with Crippen LogP contribution >= 0.6 is 15.9 Å². The molecule has 0 saturated heterocycles. The van der Waals surface area contributed by atoms with Crippen molar-refractivity contribution in [3.63, 3.8) is 0 Å². The summed E-state index contributed by atoms with van der Waals surface area (Å²) in [6, 6.07) is 0. The topological polar surface area (TPSA) is 61.2 Å². The average Bonchev–Trinajstić information content (AvgIpc) is 2.52. The van der Waals surface area contributed by atoms with Gasteiger partial charge in [-0.25, -0.2) is 4.68 Å². The van der Waals surface area contributed by atoms with Crippen molar-refractivity contribution in [3.05, 3.63) is 21.0 Å². The maximum atomic E-state index is 12.1. The van der Waals surface area contributed by atoms with Gasteiger partial charge in [0.1, 0.15) is 17.3 Å². The summed E-state index contributed by atoms with van der Waals surface area (Å²) in [6.07, 6.45) is 9.89. The van der Waals surface area contributed by atoms with Gasteiger partial charge in [-0.05, 0) is 77.6 Å². The van der Waals surface area contributed by atoms with E-state index in [9.17, 15) is 9.59 Å². The maximum absolute atomic E-state index is 12.1. The standard InChI is InChI=1S/C19H27BrN2O3/c1-13-7-14-9-15(8-13)11-19(2,10-14)3-6-25-16-12-21-22(4-5-23)18(24)17(16)20/h5,12-15H,3-4,6-11H2,1-2H3. The summed E-state index contributed by atoms with van der Waals surface area (Å²) in [5.74, 6) is 3.08. The van der Waals surface area contributed by atoms with Crippen molar-refractivity contribution < 1.29 is 9.53 Å². The molecular formula is C19H27BrN2O3. The lowest BCUT2D eigenvalue weighted by atomic mass is 9.59. The second-order valence-electron chi connectivity index (χ2n) is 8.34. The Morgan fingerprint density at radius 2 is 2.04 bits per heavy atom. The average molecular weight is 411 g/mol. The van der Waals surface area contributed by atoms with E-state index in [2.05, 4.69) is 34.9 Å². The molecule has 1 aromatic rings. The van der Waals surface area contributed by atoms with E-state index in [0.717, 1.165) is 28.9 Å². The van der Waals surface area contributed by atoms with Gasteiger partial charge < -0.3 is 9.53 Å². The Bertz CT molecular complexity index is 670. The monoisotopic (exact) mass is 410 g/mol. The number of carbonyl (C=O) groups is 1. The number of carbonyl (C=O) groups excluding carboxylic acids is 1. The Morgan fingerprint density at radius 3 is 2.68 bits per heavy atom. The third-order valence-electron chi connectivity index (χ3n) is 5.86. The van der Waals surface area contributed by atoms with Crippen LogP contribution in [0, 0.1) is 23.2 Å². The zero-order chi connectivity index (χ0) is 18.0. The molecule has 138 valence electrons. The van der Waals surface area contributed by atoms with Gasteiger partial charge in [-0.1, -0.05) is 13.8 Å². The number of ether oxygens (including phenoxy) is 1. The summed E-state index contributed by atoms with van der Waals surface area (Å²) in [6.45, 7) is 5.32. The molecular weight excluding hydrogens is 384 g/mol. The zero-order valence-electron chi connectivity index (χ0n) is 15.0. The Labute approximate surface area is 157 Å². The van der Waals surface area contributed by atoms with E-state index in [1.807, 2.05) is 0 Å². The number of halogens is 1. The van der Waals surface area contributed by atoms with E-state index in [-0.39, 0.29) is 12.1 Å². The second-order valence-corrected chi connectivity index (χ2v) is 9.13. The van der Waals surface area contributed by atoms with E-state index >= 15 is 0 Å². The van der Waals surface area contributed by atoms with Gasteiger partial charge in [0.15, 0.2) is 5.75 Å². The van der Waals surface area contributed by atoms with Crippen LogP contribution in [0.4, 0.5) is 0 Å². The molecule has 3 rings (SSSR count). The number of hydrogen-bond acceptors (Lipinski definition) is 4. The van der Waals surface area contributed by atoms with Crippen molar-refractivity contribution in [1.82, 2.24) is 9.78 Å². The minimum absolute atomic E-state index is 0.0447. The first-order chi connectivity index (χ1) is 11.9. The highest BCUT2D eigenvalue weighted by molar-refractivity contribution is 9.10. The van der Waals surface area contributed by atoms with Crippen LogP contribution in [0.15, 0.2) is 15.5 Å². The Morgan fingerprint density at radius 1 is 1.36 bits per heavy atom. The largest absolute Gasteiger partial charge is 0.490 e. The lowest BCUT2D eigenvalue weighted by molar-refractivity contribution is -0.108. The number of aldehydes is 1. The van der Waals surface area contributed by atoms with E-state index in [1.165, 1.54) is 38.3 Å². The predicted molar refractivity (Wildman–Crippen MR) is 99.7 cm³/mol. The summed E-state index contributed by atoms with van der Waals surface area (Å²) >= 11 is 3.27. The molecule has 2 saturated carbocycles. The van der Waals surface area contributed by atoms with Gasteiger partial charge in [-0.3, -0.25) is 4.79 Å². The normalized spacial score (nSPS) is 31.6. The van der Waals surface area contributed by atoms with Gasteiger partial charge in [0.05, 0.1) is 12.8 Å². The third kappa shape index (κ3) is 4.33. The van der Waals surface area contributed by atoms with E-state index < -0.39 is 0 Å². The fourth-order valence-electron chi connectivity index (χ4n) is 5.07.